The third-order valence-corrected chi connectivity index (χ3v) is 3.90. The number of benzene rings is 1. The van der Waals surface area contributed by atoms with Gasteiger partial charge in [-0.15, -0.1) is 0 Å². The third-order valence-electron chi connectivity index (χ3n) is 3.90. The van der Waals surface area contributed by atoms with Crippen LogP contribution in [-0.2, 0) is 4.79 Å². The average molecular weight is 291 g/mol. The fourth-order valence-electron chi connectivity index (χ4n) is 2.49. The number of aliphatic carboxylic acids is 1. The summed E-state index contributed by atoms with van der Waals surface area (Å²) in [5, 5.41) is 9.05. The first-order valence-electron chi connectivity index (χ1n) is 6.95. The summed E-state index contributed by atoms with van der Waals surface area (Å²) in [5.41, 5.74) is 2.31. The molecule has 5 heteroatoms. The highest BCUT2D eigenvalue weighted by Crippen LogP contribution is 2.32. The van der Waals surface area contributed by atoms with E-state index in [-0.39, 0.29) is 0 Å². The number of carboxylic acid groups (broad SMARTS) is 1. The highest BCUT2D eigenvalue weighted by atomic mass is 16.5. The van der Waals surface area contributed by atoms with Crippen LogP contribution in [-0.4, -0.2) is 49.3 Å². The number of carboxylic acids is 1. The van der Waals surface area contributed by atoms with E-state index < -0.39 is 12.0 Å². The van der Waals surface area contributed by atoms with E-state index >= 15 is 0 Å². The molecule has 0 spiro atoms. The van der Waals surface area contributed by atoms with Gasteiger partial charge in [0.25, 0.3) is 0 Å². The summed E-state index contributed by atoms with van der Waals surface area (Å²) in [6, 6.07) is 5.40. The van der Waals surface area contributed by atoms with E-state index in [4.69, 9.17) is 14.6 Å². The molecule has 0 bridgehead atoms. The lowest BCUT2D eigenvalue weighted by molar-refractivity contribution is -0.142. The number of ether oxygens (including phenoxy) is 2. The Bertz CT molecular complexity index is 553. The molecule has 1 unspecified atom stereocenters. The van der Waals surface area contributed by atoms with Crippen molar-refractivity contribution < 1.29 is 19.4 Å². The van der Waals surface area contributed by atoms with E-state index in [0.717, 1.165) is 18.5 Å². The van der Waals surface area contributed by atoms with Gasteiger partial charge in [-0.2, -0.15) is 0 Å². The second-order valence-electron chi connectivity index (χ2n) is 5.06. The van der Waals surface area contributed by atoms with Gasteiger partial charge in [-0.1, -0.05) is 12.1 Å². The Morgan fingerprint density at radius 2 is 2.00 bits per heavy atom. The van der Waals surface area contributed by atoms with Crippen LogP contribution in [0.2, 0.25) is 0 Å². The van der Waals surface area contributed by atoms with Crippen LogP contribution in [0.25, 0.3) is 5.57 Å². The predicted molar refractivity (Wildman–Crippen MR) is 80.8 cm³/mol. The number of rotatable bonds is 5. The van der Waals surface area contributed by atoms with Gasteiger partial charge in [0.15, 0.2) is 11.5 Å². The van der Waals surface area contributed by atoms with Crippen LogP contribution in [0.3, 0.4) is 0 Å². The summed E-state index contributed by atoms with van der Waals surface area (Å²) in [4.78, 5) is 13.0. The van der Waals surface area contributed by atoms with E-state index in [2.05, 4.69) is 6.08 Å². The van der Waals surface area contributed by atoms with Gasteiger partial charge in [-0.05, 0) is 36.6 Å². The molecule has 0 fully saturated rings. The molecule has 21 heavy (non-hydrogen) atoms. The predicted octanol–water partition coefficient (Wildman–Crippen LogP) is 2.27. The molecule has 0 radical (unpaired) electrons. The first kappa shape index (κ1) is 15.4. The molecule has 0 saturated heterocycles. The van der Waals surface area contributed by atoms with Crippen LogP contribution in [0.15, 0.2) is 24.3 Å². The van der Waals surface area contributed by atoms with E-state index in [1.807, 2.05) is 23.1 Å². The fourth-order valence-corrected chi connectivity index (χ4v) is 2.49. The lowest BCUT2D eigenvalue weighted by Gasteiger charge is -2.29. The van der Waals surface area contributed by atoms with Crippen molar-refractivity contribution in [2.45, 2.75) is 19.4 Å². The molecule has 5 nitrogen and oxygen atoms in total. The van der Waals surface area contributed by atoms with Crippen LogP contribution in [0.5, 0.6) is 11.5 Å². The topological polar surface area (TPSA) is 59.0 Å². The van der Waals surface area contributed by atoms with Crippen LogP contribution in [0, 0.1) is 0 Å². The van der Waals surface area contributed by atoms with E-state index in [1.165, 1.54) is 5.57 Å². The Morgan fingerprint density at radius 1 is 1.29 bits per heavy atom. The van der Waals surface area contributed by atoms with Crippen LogP contribution in [0.1, 0.15) is 18.9 Å². The summed E-state index contributed by atoms with van der Waals surface area (Å²) < 4.78 is 10.6. The highest BCUT2D eigenvalue weighted by molar-refractivity contribution is 5.74. The molecule has 0 aliphatic carbocycles. The lowest BCUT2D eigenvalue weighted by atomic mass is 9.98. The Kier molecular flexibility index (Phi) is 4.85. The first-order valence-corrected chi connectivity index (χ1v) is 6.95. The number of carbonyl (C=O) groups is 1. The number of hydrogen-bond donors (Lipinski definition) is 1. The summed E-state index contributed by atoms with van der Waals surface area (Å²) in [5.74, 6) is 0.633. The molecule has 2 rings (SSSR count). The minimum atomic E-state index is -0.780. The molecule has 1 atom stereocenters. The summed E-state index contributed by atoms with van der Waals surface area (Å²) in [6.45, 7) is 3.11. The monoisotopic (exact) mass is 291 g/mol. The van der Waals surface area contributed by atoms with Crippen molar-refractivity contribution in [3.8, 4) is 11.5 Å². The molecule has 1 aromatic carbocycles. The number of methoxy groups -OCH3 is 2. The molecule has 0 aromatic heterocycles. The van der Waals surface area contributed by atoms with Crippen molar-refractivity contribution in [1.82, 2.24) is 4.90 Å². The number of nitrogens with zero attached hydrogens (tertiary/aromatic N) is 1. The van der Waals surface area contributed by atoms with Crippen LogP contribution >= 0.6 is 0 Å². The van der Waals surface area contributed by atoms with Gasteiger partial charge in [0.1, 0.15) is 6.04 Å². The normalized spacial score (nSPS) is 17.0. The van der Waals surface area contributed by atoms with Gasteiger partial charge in [-0.25, -0.2) is 0 Å². The smallest absolute Gasteiger partial charge is 0.320 e. The molecule has 1 aliphatic heterocycles. The molecule has 1 aromatic rings. The minimum Gasteiger partial charge on any atom is -0.493 e. The molecular weight excluding hydrogens is 270 g/mol. The Morgan fingerprint density at radius 3 is 2.52 bits per heavy atom. The zero-order valence-corrected chi connectivity index (χ0v) is 12.6. The quantitative estimate of drug-likeness (QED) is 0.902. The van der Waals surface area contributed by atoms with Gasteiger partial charge in [0.05, 0.1) is 14.2 Å². The minimum absolute atomic E-state index is 0.451. The molecule has 114 valence electrons. The van der Waals surface area contributed by atoms with Crippen molar-refractivity contribution in [2.24, 2.45) is 0 Å². The van der Waals surface area contributed by atoms with Gasteiger partial charge < -0.3 is 14.6 Å². The molecule has 1 aliphatic rings. The van der Waals surface area contributed by atoms with Crippen LogP contribution in [0.4, 0.5) is 0 Å². The lowest BCUT2D eigenvalue weighted by Crippen LogP contribution is -2.41. The van der Waals surface area contributed by atoms with Crippen molar-refractivity contribution in [2.75, 3.05) is 27.3 Å². The van der Waals surface area contributed by atoms with Gasteiger partial charge >= 0.3 is 5.97 Å². The maximum atomic E-state index is 11.0. The molecular formula is C16H21NO4. The zero-order chi connectivity index (χ0) is 15.4. The molecule has 1 heterocycles. The summed E-state index contributed by atoms with van der Waals surface area (Å²) in [7, 11) is 3.23. The second kappa shape index (κ2) is 6.63. The van der Waals surface area contributed by atoms with E-state index in [0.29, 0.717) is 18.0 Å². The Hall–Kier alpha value is -2.01. The maximum Gasteiger partial charge on any atom is 0.320 e. The molecule has 1 N–H and O–H groups in total. The second-order valence-corrected chi connectivity index (χ2v) is 5.06. The zero-order valence-electron chi connectivity index (χ0n) is 12.6. The van der Waals surface area contributed by atoms with E-state index in [1.54, 1.807) is 21.1 Å². The van der Waals surface area contributed by atoms with Gasteiger partial charge in [0, 0.05) is 13.1 Å². The largest absolute Gasteiger partial charge is 0.493 e. The SMILES string of the molecule is COc1ccc(C2=CCN(C(C)C(=O)O)CC2)cc1OC. The fraction of sp³-hybridized carbons (Fsp3) is 0.438. The van der Waals surface area contributed by atoms with Crippen LogP contribution < -0.4 is 9.47 Å². The summed E-state index contributed by atoms with van der Waals surface area (Å²) >= 11 is 0. The highest BCUT2D eigenvalue weighted by Gasteiger charge is 2.23. The van der Waals surface area contributed by atoms with Gasteiger partial charge in [0.2, 0.25) is 0 Å². The summed E-state index contributed by atoms with van der Waals surface area (Å²) in [6.07, 6.45) is 2.91. The van der Waals surface area contributed by atoms with Crippen molar-refractivity contribution >= 4 is 11.5 Å². The van der Waals surface area contributed by atoms with E-state index in [9.17, 15) is 4.79 Å². The number of hydrogen-bond acceptors (Lipinski definition) is 4. The maximum absolute atomic E-state index is 11.0. The molecule has 0 amide bonds. The average Bonchev–Trinajstić information content (AvgIpc) is 2.53. The Balaban J connectivity index is 2.15. The Labute approximate surface area is 124 Å². The van der Waals surface area contributed by atoms with Crippen molar-refractivity contribution in [1.29, 1.82) is 0 Å². The standard InChI is InChI=1S/C16H21NO4/c1-11(16(18)19)17-8-6-12(7-9-17)13-4-5-14(20-2)15(10-13)21-3/h4-6,10-11H,7-9H2,1-3H3,(H,18,19). The first-order chi connectivity index (χ1) is 10.1. The third kappa shape index (κ3) is 3.36. The van der Waals surface area contributed by atoms with Crippen molar-refractivity contribution in [3.05, 3.63) is 29.8 Å². The van der Waals surface area contributed by atoms with Crippen molar-refractivity contribution in [3.63, 3.8) is 0 Å². The van der Waals surface area contributed by atoms with Gasteiger partial charge in [-0.3, -0.25) is 9.69 Å². The molecule has 0 saturated carbocycles.